The van der Waals surface area contributed by atoms with Gasteiger partial charge in [-0.15, -0.1) is 0 Å². The Bertz CT molecular complexity index is 659. The molecule has 20 heavy (non-hydrogen) atoms. The van der Waals surface area contributed by atoms with Crippen LogP contribution in [0.2, 0.25) is 0 Å². The predicted molar refractivity (Wildman–Crippen MR) is 82.1 cm³/mol. The third kappa shape index (κ3) is 2.24. The molecule has 1 fully saturated rings. The van der Waals surface area contributed by atoms with Crippen molar-refractivity contribution >= 4 is 21.7 Å². The minimum atomic E-state index is -0.304. The fourth-order valence-electron chi connectivity index (χ4n) is 2.47. The van der Waals surface area contributed by atoms with E-state index < -0.39 is 0 Å². The molecule has 1 aliphatic carbocycles. The van der Waals surface area contributed by atoms with Gasteiger partial charge in [-0.05, 0) is 31.0 Å². The van der Waals surface area contributed by atoms with Gasteiger partial charge in [0.05, 0.1) is 0 Å². The highest BCUT2D eigenvalue weighted by Crippen LogP contribution is 2.42. The van der Waals surface area contributed by atoms with Crippen molar-refractivity contribution in [3.63, 3.8) is 0 Å². The SMILES string of the molecule is CC(C)c1nc(-c2ccc(Br)cc2F)c(N)n1C1CC1. The molecule has 0 spiro atoms. The Morgan fingerprint density at radius 1 is 1.40 bits per heavy atom. The molecule has 1 aliphatic rings. The number of hydrogen-bond donors (Lipinski definition) is 1. The molecular weight excluding hydrogens is 321 g/mol. The number of nitrogens with zero attached hydrogens (tertiary/aromatic N) is 2. The van der Waals surface area contributed by atoms with E-state index in [4.69, 9.17) is 5.73 Å². The number of aromatic nitrogens is 2. The summed E-state index contributed by atoms with van der Waals surface area (Å²) in [5, 5.41) is 0. The lowest BCUT2D eigenvalue weighted by molar-refractivity contribution is 0.630. The fourth-order valence-corrected chi connectivity index (χ4v) is 2.80. The largest absolute Gasteiger partial charge is 0.383 e. The number of anilines is 1. The summed E-state index contributed by atoms with van der Waals surface area (Å²) in [6, 6.07) is 5.41. The molecule has 3 rings (SSSR count). The van der Waals surface area contributed by atoms with Gasteiger partial charge in [-0.1, -0.05) is 29.8 Å². The van der Waals surface area contributed by atoms with Crippen molar-refractivity contribution in [3.8, 4) is 11.3 Å². The number of benzene rings is 1. The van der Waals surface area contributed by atoms with E-state index in [1.54, 1.807) is 6.07 Å². The van der Waals surface area contributed by atoms with Gasteiger partial charge in [0.25, 0.3) is 0 Å². The van der Waals surface area contributed by atoms with Crippen molar-refractivity contribution in [3.05, 3.63) is 34.3 Å². The number of imidazole rings is 1. The van der Waals surface area contributed by atoms with Crippen LogP contribution in [0.25, 0.3) is 11.3 Å². The fraction of sp³-hybridized carbons (Fsp3) is 0.400. The van der Waals surface area contributed by atoms with Gasteiger partial charge in [0.1, 0.15) is 23.2 Å². The molecule has 1 heterocycles. The van der Waals surface area contributed by atoms with Crippen molar-refractivity contribution in [1.82, 2.24) is 9.55 Å². The highest BCUT2D eigenvalue weighted by molar-refractivity contribution is 9.10. The van der Waals surface area contributed by atoms with E-state index in [9.17, 15) is 4.39 Å². The highest BCUT2D eigenvalue weighted by atomic mass is 79.9. The Morgan fingerprint density at radius 2 is 2.10 bits per heavy atom. The molecule has 3 nitrogen and oxygen atoms in total. The summed E-state index contributed by atoms with van der Waals surface area (Å²) in [7, 11) is 0. The maximum atomic E-state index is 14.1. The zero-order valence-electron chi connectivity index (χ0n) is 11.5. The van der Waals surface area contributed by atoms with Crippen molar-refractivity contribution in [1.29, 1.82) is 0 Å². The summed E-state index contributed by atoms with van der Waals surface area (Å²) in [5.74, 6) is 1.49. The summed E-state index contributed by atoms with van der Waals surface area (Å²) in [6.07, 6.45) is 2.26. The molecule has 0 unspecified atom stereocenters. The molecule has 0 radical (unpaired) electrons. The lowest BCUT2D eigenvalue weighted by atomic mass is 10.1. The minimum absolute atomic E-state index is 0.269. The van der Waals surface area contributed by atoms with Crippen LogP contribution in [-0.2, 0) is 0 Å². The van der Waals surface area contributed by atoms with Crippen LogP contribution in [0.4, 0.5) is 10.2 Å². The van der Waals surface area contributed by atoms with Gasteiger partial charge in [-0.2, -0.15) is 0 Å². The maximum absolute atomic E-state index is 14.1. The molecule has 1 aromatic heterocycles. The topological polar surface area (TPSA) is 43.8 Å². The summed E-state index contributed by atoms with van der Waals surface area (Å²) in [6.45, 7) is 4.17. The maximum Gasteiger partial charge on any atom is 0.133 e. The van der Waals surface area contributed by atoms with Gasteiger partial charge in [0, 0.05) is 22.0 Å². The average molecular weight is 338 g/mol. The number of nitrogens with two attached hydrogens (primary N) is 1. The van der Waals surface area contributed by atoms with Gasteiger partial charge >= 0.3 is 0 Å². The Balaban J connectivity index is 2.16. The van der Waals surface area contributed by atoms with E-state index in [1.165, 1.54) is 6.07 Å². The van der Waals surface area contributed by atoms with Crippen LogP contribution in [-0.4, -0.2) is 9.55 Å². The first kappa shape index (κ1) is 13.6. The molecular formula is C15H17BrFN3. The molecule has 2 N–H and O–H groups in total. The van der Waals surface area contributed by atoms with Crippen molar-refractivity contribution in [2.24, 2.45) is 0 Å². The number of nitrogen functional groups attached to an aromatic ring is 1. The average Bonchev–Trinajstić information content (AvgIpc) is 3.14. The highest BCUT2D eigenvalue weighted by Gasteiger charge is 2.31. The van der Waals surface area contributed by atoms with E-state index >= 15 is 0 Å². The standard InChI is InChI=1S/C15H17BrFN3/c1-8(2)15-19-13(14(18)20(15)10-4-5-10)11-6-3-9(16)7-12(11)17/h3,6-8,10H,4-5,18H2,1-2H3. The van der Waals surface area contributed by atoms with Crippen LogP contribution in [0.5, 0.6) is 0 Å². The van der Waals surface area contributed by atoms with Crippen molar-refractivity contribution < 1.29 is 4.39 Å². The first-order valence-corrected chi connectivity index (χ1v) is 7.61. The molecule has 1 aromatic carbocycles. The Labute approximate surface area is 126 Å². The van der Waals surface area contributed by atoms with Crippen LogP contribution >= 0.6 is 15.9 Å². The van der Waals surface area contributed by atoms with Gasteiger partial charge in [0.15, 0.2) is 0 Å². The number of hydrogen-bond acceptors (Lipinski definition) is 2. The second-order valence-electron chi connectivity index (χ2n) is 5.58. The second-order valence-corrected chi connectivity index (χ2v) is 6.50. The molecule has 0 atom stereocenters. The summed E-state index contributed by atoms with van der Waals surface area (Å²) in [4.78, 5) is 4.61. The summed E-state index contributed by atoms with van der Waals surface area (Å²) >= 11 is 3.27. The van der Waals surface area contributed by atoms with Crippen LogP contribution in [0, 0.1) is 5.82 Å². The zero-order valence-corrected chi connectivity index (χ0v) is 13.1. The van der Waals surface area contributed by atoms with E-state index in [2.05, 4.69) is 39.3 Å². The van der Waals surface area contributed by atoms with E-state index in [-0.39, 0.29) is 11.7 Å². The quantitative estimate of drug-likeness (QED) is 0.896. The normalized spacial score (nSPS) is 15.1. The molecule has 0 aliphatic heterocycles. The summed E-state index contributed by atoms with van der Waals surface area (Å²) in [5.41, 5.74) is 7.27. The predicted octanol–water partition coefficient (Wildman–Crippen LogP) is 4.49. The van der Waals surface area contributed by atoms with E-state index in [1.807, 2.05) is 6.07 Å². The van der Waals surface area contributed by atoms with Gasteiger partial charge in [0.2, 0.25) is 0 Å². The third-order valence-electron chi connectivity index (χ3n) is 3.59. The lowest BCUT2D eigenvalue weighted by Crippen LogP contribution is -2.06. The minimum Gasteiger partial charge on any atom is -0.383 e. The number of rotatable bonds is 3. The molecule has 106 valence electrons. The van der Waals surface area contributed by atoms with E-state index in [0.29, 0.717) is 27.6 Å². The van der Waals surface area contributed by atoms with Crippen LogP contribution in [0.15, 0.2) is 22.7 Å². The first-order valence-electron chi connectivity index (χ1n) is 6.82. The van der Waals surface area contributed by atoms with Gasteiger partial charge in [-0.25, -0.2) is 9.37 Å². The third-order valence-corrected chi connectivity index (χ3v) is 4.08. The molecule has 1 saturated carbocycles. The Hall–Kier alpha value is -1.36. The smallest absolute Gasteiger partial charge is 0.133 e. The van der Waals surface area contributed by atoms with E-state index in [0.717, 1.165) is 18.7 Å². The van der Waals surface area contributed by atoms with Crippen LogP contribution < -0.4 is 5.73 Å². The lowest BCUT2D eigenvalue weighted by Gasteiger charge is -2.10. The van der Waals surface area contributed by atoms with Crippen molar-refractivity contribution in [2.75, 3.05) is 5.73 Å². The van der Waals surface area contributed by atoms with Gasteiger partial charge in [-0.3, -0.25) is 0 Å². The zero-order chi connectivity index (χ0) is 14.4. The molecule has 2 aromatic rings. The molecule has 0 saturated heterocycles. The monoisotopic (exact) mass is 337 g/mol. The Morgan fingerprint density at radius 3 is 2.65 bits per heavy atom. The van der Waals surface area contributed by atoms with Crippen LogP contribution in [0.3, 0.4) is 0 Å². The molecule has 0 amide bonds. The number of halogens is 2. The van der Waals surface area contributed by atoms with Crippen LogP contribution in [0.1, 0.15) is 44.5 Å². The van der Waals surface area contributed by atoms with Gasteiger partial charge < -0.3 is 10.3 Å². The molecule has 5 heteroatoms. The van der Waals surface area contributed by atoms with Crippen molar-refractivity contribution in [2.45, 2.75) is 38.6 Å². The second kappa shape index (κ2) is 4.88. The first-order chi connectivity index (χ1) is 9.49. The summed E-state index contributed by atoms with van der Waals surface area (Å²) < 4.78 is 16.9. The molecule has 0 bridgehead atoms. The Kier molecular flexibility index (Phi) is 3.32.